The summed E-state index contributed by atoms with van der Waals surface area (Å²) in [6.07, 6.45) is 0.551. The van der Waals surface area contributed by atoms with Crippen LogP contribution in [0.25, 0.3) is 0 Å². The molecule has 12 heavy (non-hydrogen) atoms. The molecule has 0 saturated heterocycles. The van der Waals surface area contributed by atoms with Crippen LogP contribution in [0.3, 0.4) is 0 Å². The molecule has 0 aromatic carbocycles. The first kappa shape index (κ1) is 9.53. The van der Waals surface area contributed by atoms with Crippen LogP contribution in [0.4, 0.5) is 0 Å². The lowest BCUT2D eigenvalue weighted by Gasteiger charge is -2.18. The fourth-order valence-corrected chi connectivity index (χ4v) is 2.59. The van der Waals surface area contributed by atoms with E-state index < -0.39 is 0 Å². The van der Waals surface area contributed by atoms with Crippen LogP contribution in [0.5, 0.6) is 0 Å². The monoisotopic (exact) mass is 185 g/mol. The van der Waals surface area contributed by atoms with Crippen molar-refractivity contribution in [1.29, 1.82) is 0 Å². The van der Waals surface area contributed by atoms with E-state index in [1.165, 1.54) is 0 Å². The average molecular weight is 185 g/mol. The number of hydrogen-bond acceptors (Lipinski definition) is 3. The van der Waals surface area contributed by atoms with Crippen molar-refractivity contribution in [3.8, 4) is 0 Å². The summed E-state index contributed by atoms with van der Waals surface area (Å²) in [5.41, 5.74) is 0.975. The molecule has 1 aliphatic rings. The van der Waals surface area contributed by atoms with Crippen molar-refractivity contribution in [2.24, 2.45) is 10.6 Å². The second-order valence-electron chi connectivity index (χ2n) is 3.85. The third-order valence-electron chi connectivity index (χ3n) is 1.79. The molecule has 0 aromatic heterocycles. The predicted octanol–water partition coefficient (Wildman–Crippen LogP) is 2.27. The van der Waals surface area contributed by atoms with Gasteiger partial charge < -0.3 is 0 Å². The molecular formula is C8H12NO2P. The Morgan fingerprint density at radius 1 is 1.42 bits per heavy atom. The van der Waals surface area contributed by atoms with E-state index in [4.69, 9.17) is 0 Å². The highest BCUT2D eigenvalue weighted by Gasteiger charge is 2.32. The minimum Gasteiger partial charge on any atom is -0.290 e. The van der Waals surface area contributed by atoms with E-state index in [0.717, 1.165) is 0 Å². The first-order chi connectivity index (χ1) is 5.46. The zero-order valence-corrected chi connectivity index (χ0v) is 8.47. The molecule has 0 amide bonds. The third kappa shape index (κ3) is 1.61. The van der Waals surface area contributed by atoms with Gasteiger partial charge in [0.2, 0.25) is 0 Å². The molecular weight excluding hydrogens is 173 g/mol. The van der Waals surface area contributed by atoms with Gasteiger partial charge >= 0.3 is 0 Å². The Labute approximate surface area is 73.4 Å². The van der Waals surface area contributed by atoms with Crippen LogP contribution in [-0.2, 0) is 4.79 Å². The SMILES string of the molecule is CC(C)(C)C1=C(N=O)CPC1=O. The predicted molar refractivity (Wildman–Crippen MR) is 50.5 cm³/mol. The number of allylic oxidation sites excluding steroid dienone is 2. The van der Waals surface area contributed by atoms with Crippen LogP contribution in [0, 0.1) is 10.3 Å². The van der Waals surface area contributed by atoms with Crippen molar-refractivity contribution in [1.82, 2.24) is 0 Å². The Bertz CT molecular complexity index is 263. The van der Waals surface area contributed by atoms with Crippen LogP contribution in [0.15, 0.2) is 16.4 Å². The minimum atomic E-state index is -0.232. The lowest BCUT2D eigenvalue weighted by Crippen LogP contribution is -2.14. The van der Waals surface area contributed by atoms with E-state index >= 15 is 0 Å². The normalized spacial score (nSPS) is 20.8. The van der Waals surface area contributed by atoms with Crippen LogP contribution < -0.4 is 0 Å². The first-order valence-corrected chi connectivity index (χ1v) is 5.02. The summed E-state index contributed by atoms with van der Waals surface area (Å²) in [7, 11) is 0.217. The van der Waals surface area contributed by atoms with Crippen molar-refractivity contribution in [2.45, 2.75) is 20.8 Å². The Morgan fingerprint density at radius 3 is 2.33 bits per heavy atom. The molecule has 0 bridgehead atoms. The van der Waals surface area contributed by atoms with Crippen LogP contribution in [0.1, 0.15) is 20.8 Å². The van der Waals surface area contributed by atoms with Crippen molar-refractivity contribution in [3.63, 3.8) is 0 Å². The molecule has 0 spiro atoms. The number of hydrogen-bond donors (Lipinski definition) is 0. The van der Waals surface area contributed by atoms with Gasteiger partial charge in [-0.2, -0.15) is 0 Å². The van der Waals surface area contributed by atoms with Gasteiger partial charge in [0.15, 0.2) is 5.52 Å². The summed E-state index contributed by atoms with van der Waals surface area (Å²) in [6.45, 7) is 5.80. The van der Waals surface area contributed by atoms with Crippen molar-refractivity contribution < 1.29 is 4.79 Å². The van der Waals surface area contributed by atoms with Gasteiger partial charge in [-0.15, -0.1) is 4.91 Å². The second-order valence-corrected chi connectivity index (χ2v) is 5.01. The van der Waals surface area contributed by atoms with Crippen LogP contribution in [-0.4, -0.2) is 11.7 Å². The standard InChI is InChI=1S/C8H12NO2P/c1-8(2,3)6-5(9-11)4-12-7(6)10/h12H,4H2,1-3H3. The maximum Gasteiger partial charge on any atom is 0.179 e. The molecule has 0 N–H and O–H groups in total. The molecule has 1 unspecified atom stereocenters. The van der Waals surface area contributed by atoms with Gasteiger partial charge in [0, 0.05) is 11.7 Å². The van der Waals surface area contributed by atoms with Crippen LogP contribution >= 0.6 is 8.58 Å². The largest absolute Gasteiger partial charge is 0.290 e. The molecule has 0 radical (unpaired) electrons. The Morgan fingerprint density at radius 2 is 2.00 bits per heavy atom. The smallest absolute Gasteiger partial charge is 0.179 e. The highest BCUT2D eigenvalue weighted by molar-refractivity contribution is 7.59. The maximum atomic E-state index is 11.3. The average Bonchev–Trinajstić information content (AvgIpc) is 2.29. The van der Waals surface area contributed by atoms with Gasteiger partial charge in [0.05, 0.1) is 5.70 Å². The molecule has 0 aromatic rings. The molecule has 0 saturated carbocycles. The Kier molecular flexibility index (Phi) is 2.43. The quantitative estimate of drug-likeness (QED) is 0.464. The molecule has 3 nitrogen and oxygen atoms in total. The molecule has 1 heterocycles. The zero-order chi connectivity index (χ0) is 9.35. The van der Waals surface area contributed by atoms with Gasteiger partial charge in [-0.3, -0.25) is 4.79 Å². The van der Waals surface area contributed by atoms with Gasteiger partial charge in [0.1, 0.15) is 0 Å². The molecule has 1 atom stereocenters. The fraction of sp³-hybridized carbons (Fsp3) is 0.625. The highest BCUT2D eigenvalue weighted by Crippen LogP contribution is 2.41. The summed E-state index contributed by atoms with van der Waals surface area (Å²) in [4.78, 5) is 21.7. The number of nitrogens with zero attached hydrogens (tertiary/aromatic N) is 1. The van der Waals surface area contributed by atoms with Gasteiger partial charge in [-0.1, -0.05) is 20.8 Å². The van der Waals surface area contributed by atoms with E-state index in [9.17, 15) is 9.70 Å². The fourth-order valence-electron chi connectivity index (χ4n) is 1.32. The van der Waals surface area contributed by atoms with E-state index in [1.807, 2.05) is 20.8 Å². The molecule has 1 rings (SSSR count). The van der Waals surface area contributed by atoms with E-state index in [2.05, 4.69) is 5.18 Å². The summed E-state index contributed by atoms with van der Waals surface area (Å²) in [6, 6.07) is 0. The molecule has 66 valence electrons. The third-order valence-corrected chi connectivity index (χ3v) is 2.88. The van der Waals surface area contributed by atoms with Crippen molar-refractivity contribution >= 4 is 14.1 Å². The topological polar surface area (TPSA) is 46.5 Å². The molecule has 0 aliphatic carbocycles. The van der Waals surface area contributed by atoms with Crippen molar-refractivity contribution in [2.75, 3.05) is 6.16 Å². The molecule has 4 heteroatoms. The second kappa shape index (κ2) is 3.06. The maximum absolute atomic E-state index is 11.3. The van der Waals surface area contributed by atoms with Gasteiger partial charge in [-0.25, -0.2) is 0 Å². The number of carbonyl (C=O) groups is 1. The number of carbonyl (C=O) groups excluding carboxylic acids is 1. The minimum absolute atomic E-state index is 0.108. The zero-order valence-electron chi connectivity index (χ0n) is 7.47. The summed E-state index contributed by atoms with van der Waals surface area (Å²) in [5.74, 6) is 0. The summed E-state index contributed by atoms with van der Waals surface area (Å²) >= 11 is 0. The highest BCUT2D eigenvalue weighted by atomic mass is 31.1. The Hall–Kier alpha value is -0.560. The summed E-state index contributed by atoms with van der Waals surface area (Å²) < 4.78 is 0. The lowest BCUT2D eigenvalue weighted by molar-refractivity contribution is -0.108. The summed E-state index contributed by atoms with van der Waals surface area (Å²) in [5, 5.41) is 2.90. The van der Waals surface area contributed by atoms with Crippen LogP contribution in [0.2, 0.25) is 0 Å². The molecule has 1 aliphatic heterocycles. The number of nitroso groups, excluding NO2 is 1. The van der Waals surface area contributed by atoms with Crippen molar-refractivity contribution in [3.05, 3.63) is 16.2 Å². The Balaban J connectivity index is 3.12. The van der Waals surface area contributed by atoms with E-state index in [0.29, 0.717) is 17.4 Å². The van der Waals surface area contributed by atoms with Gasteiger partial charge in [-0.05, 0) is 19.2 Å². The lowest BCUT2D eigenvalue weighted by atomic mass is 9.86. The van der Waals surface area contributed by atoms with E-state index in [1.54, 1.807) is 0 Å². The van der Waals surface area contributed by atoms with E-state index in [-0.39, 0.29) is 19.5 Å². The first-order valence-electron chi connectivity index (χ1n) is 3.82. The van der Waals surface area contributed by atoms with Gasteiger partial charge in [0.25, 0.3) is 0 Å². The molecule has 0 fully saturated rings. The number of rotatable bonds is 1.